The fraction of sp³-hybridized carbons (Fsp3) is 0.222. The van der Waals surface area contributed by atoms with E-state index < -0.39 is 0 Å². The number of aromatic nitrogens is 4. The molecule has 0 aliphatic carbocycles. The Labute approximate surface area is 144 Å². The number of H-pyrrole nitrogens is 1. The second-order valence-corrected chi connectivity index (χ2v) is 6.12. The Bertz CT molecular complexity index is 1060. The molecule has 0 unspecified atom stereocenters. The van der Waals surface area contributed by atoms with Gasteiger partial charge in [-0.05, 0) is 23.3 Å². The Morgan fingerprint density at radius 2 is 2.20 bits per heavy atom. The van der Waals surface area contributed by atoms with Gasteiger partial charge in [0.1, 0.15) is 11.2 Å². The van der Waals surface area contributed by atoms with Crippen LogP contribution in [-0.4, -0.2) is 38.3 Å². The van der Waals surface area contributed by atoms with Gasteiger partial charge < -0.3 is 25.7 Å². The van der Waals surface area contributed by atoms with E-state index in [0.717, 1.165) is 44.7 Å². The summed E-state index contributed by atoms with van der Waals surface area (Å²) < 4.78 is 2.00. The summed E-state index contributed by atoms with van der Waals surface area (Å²) in [6.45, 7) is -0.0844. The molecule has 3 aromatic heterocycles. The molecule has 0 spiro atoms. The van der Waals surface area contributed by atoms with Crippen molar-refractivity contribution in [3.05, 3.63) is 42.2 Å². The lowest BCUT2D eigenvalue weighted by molar-refractivity contribution is 0.268. The van der Waals surface area contributed by atoms with Crippen molar-refractivity contribution < 1.29 is 5.11 Å². The van der Waals surface area contributed by atoms with Crippen LogP contribution in [0.15, 0.2) is 36.7 Å². The van der Waals surface area contributed by atoms with Crippen LogP contribution in [0.25, 0.3) is 33.3 Å². The van der Waals surface area contributed by atoms with Crippen molar-refractivity contribution in [3.8, 4) is 11.3 Å². The van der Waals surface area contributed by atoms with Gasteiger partial charge in [0.15, 0.2) is 5.82 Å². The minimum Gasteiger partial charge on any atom is -0.394 e. The molecule has 7 heteroatoms. The molecule has 1 aromatic carbocycles. The fourth-order valence-corrected chi connectivity index (χ4v) is 3.17. The van der Waals surface area contributed by atoms with Gasteiger partial charge in [-0.3, -0.25) is 0 Å². The van der Waals surface area contributed by atoms with Crippen LogP contribution in [0.2, 0.25) is 0 Å². The molecular weight excluding hydrogens is 316 g/mol. The van der Waals surface area contributed by atoms with E-state index in [4.69, 9.17) is 5.73 Å². The van der Waals surface area contributed by atoms with Crippen LogP contribution in [0, 0.1) is 0 Å². The van der Waals surface area contributed by atoms with Crippen LogP contribution >= 0.6 is 0 Å². The van der Waals surface area contributed by atoms with E-state index in [1.807, 2.05) is 42.9 Å². The Morgan fingerprint density at radius 1 is 1.36 bits per heavy atom. The van der Waals surface area contributed by atoms with Crippen LogP contribution in [0.5, 0.6) is 0 Å². The van der Waals surface area contributed by atoms with Crippen LogP contribution < -0.4 is 11.1 Å². The van der Waals surface area contributed by atoms with E-state index in [1.165, 1.54) is 0 Å². The third-order valence-electron chi connectivity index (χ3n) is 4.50. The number of aryl methyl sites for hydroxylation is 1. The maximum Gasteiger partial charge on any atom is 0.156 e. The van der Waals surface area contributed by atoms with Gasteiger partial charge in [0.25, 0.3) is 0 Å². The minimum atomic E-state index is -0.387. The van der Waals surface area contributed by atoms with Gasteiger partial charge in [-0.15, -0.1) is 0 Å². The van der Waals surface area contributed by atoms with E-state index >= 15 is 0 Å². The number of benzene rings is 1. The van der Waals surface area contributed by atoms with Gasteiger partial charge in [-0.25, -0.2) is 9.97 Å². The maximum atomic E-state index is 9.29. The molecule has 5 N–H and O–H groups in total. The lowest BCUT2D eigenvalue weighted by Gasteiger charge is -2.09. The van der Waals surface area contributed by atoms with Gasteiger partial charge in [-0.2, -0.15) is 0 Å². The summed E-state index contributed by atoms with van der Waals surface area (Å²) in [6, 6.07) is 9.56. The third kappa shape index (κ3) is 2.45. The normalized spacial score (nSPS) is 12.8. The molecule has 0 radical (unpaired) electrons. The number of aliphatic hydroxyl groups excluding tert-OH is 1. The van der Waals surface area contributed by atoms with Gasteiger partial charge in [0, 0.05) is 25.2 Å². The predicted molar refractivity (Wildman–Crippen MR) is 99.4 cm³/mol. The first-order valence-electron chi connectivity index (χ1n) is 8.10. The largest absolute Gasteiger partial charge is 0.394 e. The number of aliphatic hydroxyl groups is 1. The molecule has 4 aromatic rings. The number of fused-ring (bicyclic) bond motifs is 3. The SMILES string of the molecule is CNc1nc2[nH]c(-c3cccc([C@H](N)CO)c3)cc2c2c1ncn2C. The Hall–Kier alpha value is -2.90. The minimum absolute atomic E-state index is 0.0844. The molecule has 0 aliphatic heterocycles. The topological polar surface area (TPSA) is 105 Å². The second-order valence-electron chi connectivity index (χ2n) is 6.12. The Balaban J connectivity index is 1.93. The summed E-state index contributed by atoms with van der Waals surface area (Å²) in [7, 11) is 3.81. The van der Waals surface area contributed by atoms with E-state index in [-0.39, 0.29) is 12.6 Å². The quantitative estimate of drug-likeness (QED) is 0.457. The van der Waals surface area contributed by atoms with Crippen molar-refractivity contribution in [2.45, 2.75) is 6.04 Å². The molecule has 0 saturated heterocycles. The molecule has 3 heterocycles. The van der Waals surface area contributed by atoms with E-state index in [0.29, 0.717) is 0 Å². The highest BCUT2D eigenvalue weighted by molar-refractivity contribution is 6.07. The van der Waals surface area contributed by atoms with Gasteiger partial charge in [0.2, 0.25) is 0 Å². The fourth-order valence-electron chi connectivity index (χ4n) is 3.17. The molecule has 7 nitrogen and oxygen atoms in total. The van der Waals surface area contributed by atoms with Crippen molar-refractivity contribution in [2.24, 2.45) is 12.8 Å². The highest BCUT2D eigenvalue weighted by Crippen LogP contribution is 2.32. The van der Waals surface area contributed by atoms with Crippen molar-refractivity contribution in [2.75, 3.05) is 19.0 Å². The molecule has 25 heavy (non-hydrogen) atoms. The van der Waals surface area contributed by atoms with Crippen molar-refractivity contribution in [1.29, 1.82) is 0 Å². The molecule has 0 fully saturated rings. The number of nitrogens with two attached hydrogens (primary N) is 1. The number of nitrogens with zero attached hydrogens (tertiary/aromatic N) is 3. The highest BCUT2D eigenvalue weighted by atomic mass is 16.3. The lowest BCUT2D eigenvalue weighted by atomic mass is 10.0. The number of rotatable bonds is 4. The summed E-state index contributed by atoms with van der Waals surface area (Å²) >= 11 is 0. The summed E-state index contributed by atoms with van der Waals surface area (Å²) in [4.78, 5) is 12.5. The number of imidazole rings is 1. The average Bonchev–Trinajstić information content (AvgIpc) is 3.24. The molecule has 0 aliphatic rings. The molecular formula is C18H20N6O. The number of pyridine rings is 1. The number of aromatic amines is 1. The van der Waals surface area contributed by atoms with Crippen molar-refractivity contribution in [1.82, 2.24) is 19.5 Å². The first kappa shape index (κ1) is 15.6. The second kappa shape index (κ2) is 5.87. The average molecular weight is 336 g/mol. The Morgan fingerprint density at radius 3 is 2.96 bits per heavy atom. The van der Waals surface area contributed by atoms with Gasteiger partial charge >= 0.3 is 0 Å². The summed E-state index contributed by atoms with van der Waals surface area (Å²) in [5.74, 6) is 0.743. The van der Waals surface area contributed by atoms with Crippen LogP contribution in [-0.2, 0) is 7.05 Å². The van der Waals surface area contributed by atoms with Crippen LogP contribution in [0.4, 0.5) is 5.82 Å². The molecule has 4 rings (SSSR count). The van der Waals surface area contributed by atoms with Gasteiger partial charge in [0.05, 0.1) is 24.5 Å². The summed E-state index contributed by atoms with van der Waals surface area (Å²) in [6.07, 6.45) is 1.79. The third-order valence-corrected chi connectivity index (χ3v) is 4.50. The highest BCUT2D eigenvalue weighted by Gasteiger charge is 2.15. The number of anilines is 1. The summed E-state index contributed by atoms with van der Waals surface area (Å²) in [5.41, 5.74) is 11.5. The number of hydrogen-bond acceptors (Lipinski definition) is 5. The predicted octanol–water partition coefficient (Wildman–Crippen LogP) is 2.15. The zero-order valence-corrected chi connectivity index (χ0v) is 14.1. The molecule has 1 atom stereocenters. The summed E-state index contributed by atoms with van der Waals surface area (Å²) in [5, 5.41) is 13.4. The molecule has 0 saturated carbocycles. The number of nitrogens with one attached hydrogen (secondary N) is 2. The zero-order chi connectivity index (χ0) is 17.6. The number of hydrogen-bond donors (Lipinski definition) is 4. The first-order valence-corrected chi connectivity index (χ1v) is 8.10. The monoisotopic (exact) mass is 336 g/mol. The van der Waals surface area contributed by atoms with Crippen LogP contribution in [0.3, 0.4) is 0 Å². The smallest absolute Gasteiger partial charge is 0.156 e. The molecule has 0 amide bonds. The standard InChI is InChI=1S/C18H20N6O/c1-20-18-15-16(24(2)9-21-15)12-7-14(22-17(12)23-18)11-5-3-4-10(6-11)13(19)8-25/h3-7,9,13,25H,8,19H2,1-2H3,(H2,20,22,23)/t13-/m1/s1. The van der Waals surface area contributed by atoms with Crippen molar-refractivity contribution in [3.63, 3.8) is 0 Å². The first-order chi connectivity index (χ1) is 12.1. The van der Waals surface area contributed by atoms with E-state index in [2.05, 4.69) is 26.3 Å². The zero-order valence-electron chi connectivity index (χ0n) is 14.1. The molecule has 0 bridgehead atoms. The van der Waals surface area contributed by atoms with Gasteiger partial charge in [-0.1, -0.05) is 18.2 Å². The van der Waals surface area contributed by atoms with Crippen molar-refractivity contribution >= 4 is 27.9 Å². The lowest BCUT2D eigenvalue weighted by Crippen LogP contribution is -2.14. The van der Waals surface area contributed by atoms with Crippen LogP contribution in [0.1, 0.15) is 11.6 Å². The van der Waals surface area contributed by atoms with E-state index in [1.54, 1.807) is 6.33 Å². The maximum absolute atomic E-state index is 9.29. The molecule has 128 valence electrons. The van der Waals surface area contributed by atoms with E-state index in [9.17, 15) is 5.11 Å². The Kier molecular flexibility index (Phi) is 3.67.